The van der Waals surface area contributed by atoms with Crippen molar-refractivity contribution in [2.45, 2.75) is 44.8 Å². The van der Waals surface area contributed by atoms with Gasteiger partial charge in [0.2, 0.25) is 11.7 Å². The molecule has 2 rings (SSSR count). The lowest BCUT2D eigenvalue weighted by molar-refractivity contribution is -0.0106. The number of nitrogens with zero attached hydrogens (tertiary/aromatic N) is 2. The van der Waals surface area contributed by atoms with E-state index in [-0.39, 0.29) is 6.04 Å². The molecule has 0 radical (unpaired) electrons. The lowest BCUT2D eigenvalue weighted by atomic mass is 10.0. The third-order valence-electron chi connectivity index (χ3n) is 3.40. The highest BCUT2D eigenvalue weighted by Gasteiger charge is 2.32. The minimum absolute atomic E-state index is 0.221. The molecule has 2 atom stereocenters. The van der Waals surface area contributed by atoms with E-state index in [2.05, 4.69) is 15.5 Å². The molecule has 16 heavy (non-hydrogen) atoms. The fourth-order valence-electron chi connectivity index (χ4n) is 1.88. The fourth-order valence-corrected chi connectivity index (χ4v) is 1.88. The van der Waals surface area contributed by atoms with E-state index >= 15 is 0 Å². The van der Waals surface area contributed by atoms with E-state index in [1.807, 2.05) is 13.8 Å². The van der Waals surface area contributed by atoms with E-state index in [1.165, 1.54) is 0 Å². The molecule has 0 amide bonds. The summed E-state index contributed by atoms with van der Waals surface area (Å²) in [7, 11) is 1.67. The Labute approximate surface area is 95.6 Å². The Morgan fingerprint density at radius 3 is 3.00 bits per heavy atom. The molecule has 5 heteroatoms. The number of aromatic nitrogens is 2. The number of rotatable bonds is 4. The van der Waals surface area contributed by atoms with Gasteiger partial charge in [0.15, 0.2) is 0 Å². The van der Waals surface area contributed by atoms with E-state index in [9.17, 15) is 0 Å². The summed E-state index contributed by atoms with van der Waals surface area (Å²) >= 11 is 0. The highest BCUT2D eigenvalue weighted by Crippen LogP contribution is 2.28. The summed E-state index contributed by atoms with van der Waals surface area (Å²) in [6.07, 6.45) is 3.05. The summed E-state index contributed by atoms with van der Waals surface area (Å²) in [5.74, 6) is 1.32. The first-order valence-corrected chi connectivity index (χ1v) is 5.82. The van der Waals surface area contributed by atoms with Gasteiger partial charge in [-0.1, -0.05) is 12.1 Å². The van der Waals surface area contributed by atoms with Gasteiger partial charge in [-0.2, -0.15) is 4.98 Å². The van der Waals surface area contributed by atoms with Crippen LogP contribution in [0.1, 0.15) is 50.9 Å². The van der Waals surface area contributed by atoms with Crippen LogP contribution in [0.25, 0.3) is 0 Å². The molecule has 0 aromatic carbocycles. The number of nitrogens with one attached hydrogen (secondary N) is 1. The first-order valence-electron chi connectivity index (χ1n) is 5.82. The van der Waals surface area contributed by atoms with Crippen molar-refractivity contribution in [2.75, 3.05) is 13.7 Å². The van der Waals surface area contributed by atoms with Gasteiger partial charge in [-0.25, -0.2) is 0 Å². The van der Waals surface area contributed by atoms with Crippen LogP contribution >= 0.6 is 0 Å². The molecule has 0 saturated carbocycles. The van der Waals surface area contributed by atoms with Gasteiger partial charge in [0.05, 0.1) is 6.04 Å². The van der Waals surface area contributed by atoms with Crippen molar-refractivity contribution < 1.29 is 9.26 Å². The smallest absolute Gasteiger partial charge is 0.243 e. The van der Waals surface area contributed by atoms with E-state index in [1.54, 1.807) is 7.11 Å². The minimum Gasteiger partial charge on any atom is -0.370 e. The molecule has 2 heterocycles. The van der Waals surface area contributed by atoms with Crippen molar-refractivity contribution in [1.82, 2.24) is 15.5 Å². The molecular formula is C11H19N3O2. The van der Waals surface area contributed by atoms with Gasteiger partial charge in [-0.05, 0) is 32.7 Å². The van der Waals surface area contributed by atoms with Crippen LogP contribution in [0.3, 0.4) is 0 Å². The van der Waals surface area contributed by atoms with Gasteiger partial charge in [0.25, 0.3) is 0 Å². The third-order valence-corrected chi connectivity index (χ3v) is 3.40. The van der Waals surface area contributed by atoms with Crippen molar-refractivity contribution in [2.24, 2.45) is 0 Å². The minimum atomic E-state index is -0.444. The SMILES string of the molecule is CCC(C)(OC)c1noc([C@H]2CCCN2)n1. The molecule has 1 N–H and O–H groups in total. The highest BCUT2D eigenvalue weighted by atomic mass is 16.5. The number of methoxy groups -OCH3 is 1. The van der Waals surface area contributed by atoms with Crippen LogP contribution in [0.2, 0.25) is 0 Å². The topological polar surface area (TPSA) is 60.2 Å². The van der Waals surface area contributed by atoms with Gasteiger partial charge in [0.1, 0.15) is 5.60 Å². The first-order chi connectivity index (χ1) is 7.69. The summed E-state index contributed by atoms with van der Waals surface area (Å²) in [6, 6.07) is 0.221. The maximum absolute atomic E-state index is 5.44. The van der Waals surface area contributed by atoms with E-state index in [0.717, 1.165) is 25.8 Å². The second-order valence-corrected chi connectivity index (χ2v) is 4.39. The standard InChI is InChI=1S/C11H19N3O2/c1-4-11(2,15-3)10-13-9(16-14-10)8-6-5-7-12-8/h8,12H,4-7H2,1-3H3/t8-,11?/m1/s1. The Morgan fingerprint density at radius 2 is 2.44 bits per heavy atom. The molecule has 0 aliphatic carbocycles. The van der Waals surface area contributed by atoms with Crippen LogP contribution in [-0.4, -0.2) is 23.8 Å². The van der Waals surface area contributed by atoms with Gasteiger partial charge < -0.3 is 14.6 Å². The zero-order chi connectivity index (χ0) is 11.6. The Hall–Kier alpha value is -0.940. The van der Waals surface area contributed by atoms with E-state index in [4.69, 9.17) is 9.26 Å². The van der Waals surface area contributed by atoms with Crippen molar-refractivity contribution in [3.8, 4) is 0 Å². The summed E-state index contributed by atoms with van der Waals surface area (Å²) in [5.41, 5.74) is -0.444. The average molecular weight is 225 g/mol. The quantitative estimate of drug-likeness (QED) is 0.846. The molecule has 0 spiro atoms. The highest BCUT2D eigenvalue weighted by molar-refractivity contribution is 5.02. The van der Waals surface area contributed by atoms with Crippen LogP contribution in [0.5, 0.6) is 0 Å². The molecular weight excluding hydrogens is 206 g/mol. The van der Waals surface area contributed by atoms with Crippen LogP contribution < -0.4 is 5.32 Å². The predicted octanol–water partition coefficient (Wildman–Crippen LogP) is 1.77. The van der Waals surface area contributed by atoms with Crippen molar-refractivity contribution in [3.05, 3.63) is 11.7 Å². The van der Waals surface area contributed by atoms with Crippen molar-refractivity contribution in [3.63, 3.8) is 0 Å². The third kappa shape index (κ3) is 1.97. The van der Waals surface area contributed by atoms with Crippen LogP contribution in [-0.2, 0) is 10.3 Å². The zero-order valence-electron chi connectivity index (χ0n) is 10.1. The predicted molar refractivity (Wildman–Crippen MR) is 58.9 cm³/mol. The Balaban J connectivity index is 2.17. The van der Waals surface area contributed by atoms with Gasteiger partial charge in [-0.3, -0.25) is 0 Å². The fraction of sp³-hybridized carbons (Fsp3) is 0.818. The number of hydrogen-bond acceptors (Lipinski definition) is 5. The summed E-state index contributed by atoms with van der Waals surface area (Å²) < 4.78 is 10.7. The molecule has 1 fully saturated rings. The van der Waals surface area contributed by atoms with Crippen LogP contribution in [0.15, 0.2) is 4.52 Å². The number of ether oxygens (including phenoxy) is 1. The van der Waals surface area contributed by atoms with E-state index in [0.29, 0.717) is 11.7 Å². The second-order valence-electron chi connectivity index (χ2n) is 4.39. The monoisotopic (exact) mass is 225 g/mol. The summed E-state index contributed by atoms with van der Waals surface area (Å²) in [5, 5.41) is 7.36. The molecule has 1 unspecified atom stereocenters. The van der Waals surface area contributed by atoms with Crippen molar-refractivity contribution in [1.29, 1.82) is 0 Å². The van der Waals surface area contributed by atoms with Crippen molar-refractivity contribution >= 4 is 0 Å². The molecule has 90 valence electrons. The maximum Gasteiger partial charge on any atom is 0.243 e. The average Bonchev–Trinajstić information content (AvgIpc) is 2.97. The Morgan fingerprint density at radius 1 is 1.62 bits per heavy atom. The molecule has 1 aromatic heterocycles. The second kappa shape index (κ2) is 4.51. The summed E-state index contributed by atoms with van der Waals surface area (Å²) in [4.78, 5) is 4.44. The Bertz CT molecular complexity index is 341. The van der Waals surface area contributed by atoms with E-state index < -0.39 is 5.60 Å². The molecule has 0 bridgehead atoms. The Kier molecular flexibility index (Phi) is 3.25. The zero-order valence-corrected chi connectivity index (χ0v) is 10.1. The molecule has 1 aliphatic rings. The largest absolute Gasteiger partial charge is 0.370 e. The van der Waals surface area contributed by atoms with Gasteiger partial charge in [0, 0.05) is 7.11 Å². The summed E-state index contributed by atoms with van der Waals surface area (Å²) in [6.45, 7) is 5.05. The maximum atomic E-state index is 5.44. The molecule has 1 saturated heterocycles. The lowest BCUT2D eigenvalue weighted by Crippen LogP contribution is -2.25. The normalized spacial score (nSPS) is 24.6. The molecule has 1 aliphatic heterocycles. The van der Waals surface area contributed by atoms with Crippen LogP contribution in [0, 0.1) is 0 Å². The number of hydrogen-bond donors (Lipinski definition) is 1. The molecule has 5 nitrogen and oxygen atoms in total. The van der Waals surface area contributed by atoms with Gasteiger partial charge in [-0.15, -0.1) is 0 Å². The molecule has 1 aromatic rings. The van der Waals surface area contributed by atoms with Gasteiger partial charge >= 0.3 is 0 Å². The lowest BCUT2D eigenvalue weighted by Gasteiger charge is -2.21. The van der Waals surface area contributed by atoms with Crippen LogP contribution in [0.4, 0.5) is 0 Å². The first kappa shape index (κ1) is 11.5.